The lowest BCUT2D eigenvalue weighted by Crippen LogP contribution is -2.00. The van der Waals surface area contributed by atoms with Gasteiger partial charge >= 0.3 is 0 Å². The molecule has 0 unspecified atom stereocenters. The summed E-state index contributed by atoms with van der Waals surface area (Å²) in [7, 11) is 0. The van der Waals surface area contributed by atoms with Crippen LogP contribution in [0.1, 0.15) is 2.74 Å². The summed E-state index contributed by atoms with van der Waals surface area (Å²) in [4.78, 5) is 15.8. The maximum absolute atomic E-state index is 10.4. The first kappa shape index (κ1) is 2.26. The quantitative estimate of drug-likeness (QED) is 0.487. The fraction of sp³-hybridized carbons (Fsp3) is 0. The van der Waals surface area contributed by atoms with Crippen molar-refractivity contribution >= 4 is 0 Å². The lowest BCUT2D eigenvalue weighted by atomic mass is 10.7. The van der Waals surface area contributed by atoms with E-state index in [0.717, 1.165) is 6.07 Å². The zero-order valence-corrected chi connectivity index (χ0v) is 3.43. The molecule has 0 fully saturated rings. The summed E-state index contributed by atoms with van der Waals surface area (Å²) in [6.07, 6.45) is -0.448. The van der Waals surface area contributed by atoms with Crippen LogP contribution in [0.15, 0.2) is 23.3 Å². The second-order valence-corrected chi connectivity index (χ2v) is 0.986. The van der Waals surface area contributed by atoms with Crippen molar-refractivity contribution in [2.24, 2.45) is 0 Å². The molecule has 0 aliphatic heterocycles. The molecule has 0 aromatic carbocycles. The van der Waals surface area contributed by atoms with Gasteiger partial charge in [-0.3, -0.25) is 4.79 Å². The second-order valence-electron chi connectivity index (χ2n) is 0.986. The number of aromatic nitrogens is 2. The normalized spacial score (nSPS) is 12.6. The minimum Gasteiger partial charge on any atom is -0.313 e. The number of hydrogen-bond acceptors (Lipinski definition) is 2. The standard InChI is InChI=1S/C4H4N2O/c7-4-1-2-5-3-6-4/h1-3H,(H,5,6,7)/i2D,3D. The van der Waals surface area contributed by atoms with Crippen LogP contribution in [0.4, 0.5) is 0 Å². The first-order valence-electron chi connectivity index (χ1n) is 2.73. The van der Waals surface area contributed by atoms with E-state index < -0.39 is 5.56 Å². The molecule has 0 aliphatic carbocycles. The highest BCUT2D eigenvalue weighted by Gasteiger charge is 1.70. The van der Waals surface area contributed by atoms with E-state index in [1.54, 1.807) is 0 Å². The first-order valence-corrected chi connectivity index (χ1v) is 1.73. The van der Waals surface area contributed by atoms with Crippen LogP contribution < -0.4 is 5.56 Å². The number of H-pyrrole nitrogens is 1. The largest absolute Gasteiger partial charge is 0.313 e. The van der Waals surface area contributed by atoms with Gasteiger partial charge in [0.2, 0.25) is 0 Å². The van der Waals surface area contributed by atoms with Crippen molar-refractivity contribution in [2.45, 2.75) is 0 Å². The van der Waals surface area contributed by atoms with Gasteiger partial charge in [0.25, 0.3) is 5.56 Å². The van der Waals surface area contributed by atoms with E-state index in [4.69, 9.17) is 2.74 Å². The smallest absolute Gasteiger partial charge is 0.250 e. The van der Waals surface area contributed by atoms with E-state index >= 15 is 0 Å². The third-order valence-corrected chi connectivity index (χ3v) is 0.495. The molecule has 1 heterocycles. The van der Waals surface area contributed by atoms with Gasteiger partial charge in [0.05, 0.1) is 7.67 Å². The van der Waals surface area contributed by atoms with Crippen molar-refractivity contribution in [3.63, 3.8) is 0 Å². The molecule has 3 nitrogen and oxygen atoms in total. The summed E-state index contributed by atoms with van der Waals surface area (Å²) < 4.78 is 13.6. The van der Waals surface area contributed by atoms with E-state index in [-0.39, 0.29) is 12.5 Å². The molecule has 1 rings (SSSR count). The fourth-order valence-electron chi connectivity index (χ4n) is 0.242. The molecule has 1 aromatic rings. The van der Waals surface area contributed by atoms with Crippen LogP contribution in [-0.2, 0) is 0 Å². The van der Waals surface area contributed by atoms with Crippen LogP contribution in [0.25, 0.3) is 0 Å². The van der Waals surface area contributed by atoms with E-state index in [9.17, 15) is 4.79 Å². The topological polar surface area (TPSA) is 45.8 Å². The van der Waals surface area contributed by atoms with Gasteiger partial charge in [0, 0.05) is 12.2 Å². The second kappa shape index (κ2) is 1.55. The van der Waals surface area contributed by atoms with Gasteiger partial charge in [-0.2, -0.15) is 0 Å². The van der Waals surface area contributed by atoms with Gasteiger partial charge in [0.15, 0.2) is 0 Å². The molecule has 36 valence electrons. The zero-order chi connectivity index (χ0) is 6.85. The highest BCUT2D eigenvalue weighted by molar-refractivity contribution is 4.76. The summed E-state index contributed by atoms with van der Waals surface area (Å²) in [5.41, 5.74) is -0.458. The number of hydrogen-bond donors (Lipinski definition) is 1. The number of nitrogens with one attached hydrogen (secondary N) is 1. The third-order valence-electron chi connectivity index (χ3n) is 0.495. The van der Waals surface area contributed by atoms with Gasteiger partial charge in [-0.15, -0.1) is 0 Å². The maximum atomic E-state index is 10.4. The van der Waals surface area contributed by atoms with Gasteiger partial charge < -0.3 is 4.98 Å². The van der Waals surface area contributed by atoms with Gasteiger partial charge in [0.1, 0.15) is 1.37 Å². The Balaban J connectivity index is 3.33. The van der Waals surface area contributed by atoms with E-state index in [1.165, 1.54) is 0 Å². The molecule has 0 atom stereocenters. The van der Waals surface area contributed by atoms with Crippen LogP contribution in [0, 0.1) is 0 Å². The highest BCUT2D eigenvalue weighted by atomic mass is 16.1. The molecule has 1 aromatic heterocycles. The molecule has 3 heteroatoms. The SMILES string of the molecule is [2H]c1cc(=O)[nH]c([2H])n1. The summed E-state index contributed by atoms with van der Waals surface area (Å²) in [6, 6.07) is 1.01. The Hall–Kier alpha value is -1.12. The third kappa shape index (κ3) is 0.855. The molecule has 0 spiro atoms. The Labute approximate surface area is 42.8 Å². The van der Waals surface area contributed by atoms with Crippen LogP contribution in [0.2, 0.25) is 0 Å². The molecule has 1 N–H and O–H groups in total. The van der Waals surface area contributed by atoms with E-state index in [2.05, 4.69) is 9.97 Å². The van der Waals surface area contributed by atoms with Crippen LogP contribution in [0.5, 0.6) is 0 Å². The first-order chi connectivity index (χ1) is 4.18. The molecule has 7 heavy (non-hydrogen) atoms. The Bertz CT molecular complexity index is 246. The summed E-state index contributed by atoms with van der Waals surface area (Å²) in [6.45, 7) is 0. The average Bonchev–Trinajstić information content (AvgIpc) is 1.59. The maximum Gasteiger partial charge on any atom is 0.250 e. The highest BCUT2D eigenvalue weighted by Crippen LogP contribution is 1.57. The molecule has 0 aliphatic rings. The van der Waals surface area contributed by atoms with Crippen LogP contribution >= 0.6 is 0 Å². The summed E-state index contributed by atoms with van der Waals surface area (Å²) in [5.74, 6) is 0. The van der Waals surface area contributed by atoms with Crippen LogP contribution in [-0.4, -0.2) is 9.97 Å². The average molecular weight is 98.1 g/mol. The minimum atomic E-state index is -0.458. The number of rotatable bonds is 0. The zero-order valence-electron chi connectivity index (χ0n) is 5.43. The van der Waals surface area contributed by atoms with Gasteiger partial charge in [-0.25, -0.2) is 4.98 Å². The van der Waals surface area contributed by atoms with Crippen LogP contribution in [0.3, 0.4) is 0 Å². The van der Waals surface area contributed by atoms with Crippen molar-refractivity contribution in [3.05, 3.63) is 28.9 Å². The Morgan fingerprint density at radius 1 is 2.00 bits per heavy atom. The molecule has 0 amide bonds. The van der Waals surface area contributed by atoms with Gasteiger partial charge in [-0.1, -0.05) is 0 Å². The predicted octanol–water partition coefficient (Wildman–Crippen LogP) is -0.230. The van der Waals surface area contributed by atoms with Crippen molar-refractivity contribution in [1.82, 2.24) is 9.97 Å². The van der Waals surface area contributed by atoms with E-state index in [1.807, 2.05) is 0 Å². The Morgan fingerprint density at radius 2 is 2.86 bits per heavy atom. The molecule has 0 bridgehead atoms. The summed E-state index contributed by atoms with van der Waals surface area (Å²) >= 11 is 0. The number of aromatic amines is 1. The molecule has 0 saturated heterocycles. The molecule has 0 radical (unpaired) electrons. The predicted molar refractivity (Wildman–Crippen MR) is 24.9 cm³/mol. The molecular weight excluding hydrogens is 92.1 g/mol. The number of nitrogens with zero attached hydrogens (tertiary/aromatic N) is 1. The Kier molecular flexibility index (Phi) is 0.500. The lowest BCUT2D eigenvalue weighted by Gasteiger charge is -1.73. The van der Waals surface area contributed by atoms with E-state index in [0.29, 0.717) is 0 Å². The minimum absolute atomic E-state index is 0.177. The van der Waals surface area contributed by atoms with Crippen molar-refractivity contribution in [3.8, 4) is 0 Å². The fourth-order valence-corrected chi connectivity index (χ4v) is 0.242. The van der Waals surface area contributed by atoms with Crippen molar-refractivity contribution in [2.75, 3.05) is 0 Å². The molecular formula is C4H4N2O. The molecule has 0 saturated carbocycles. The Morgan fingerprint density at radius 3 is 3.43 bits per heavy atom. The van der Waals surface area contributed by atoms with Gasteiger partial charge in [-0.05, 0) is 0 Å². The monoisotopic (exact) mass is 98.0 g/mol. The van der Waals surface area contributed by atoms with Crippen molar-refractivity contribution < 1.29 is 2.74 Å². The summed E-state index contributed by atoms with van der Waals surface area (Å²) in [5, 5.41) is 0. The van der Waals surface area contributed by atoms with Crippen molar-refractivity contribution in [1.29, 1.82) is 0 Å². The lowest BCUT2D eigenvalue weighted by molar-refractivity contribution is 1.12.